The van der Waals surface area contributed by atoms with Crippen molar-refractivity contribution in [1.29, 1.82) is 5.26 Å². The fourth-order valence-electron chi connectivity index (χ4n) is 3.65. The Morgan fingerprint density at radius 1 is 1.10 bits per heavy atom. The van der Waals surface area contributed by atoms with Crippen LogP contribution in [0.3, 0.4) is 0 Å². The molecule has 1 aliphatic heterocycles. The fourth-order valence-corrected chi connectivity index (χ4v) is 3.65. The number of nitrogens with zero attached hydrogens (tertiary/aromatic N) is 4. The molecule has 164 valence electrons. The summed E-state index contributed by atoms with van der Waals surface area (Å²) in [5, 5.41) is 12.2. The summed E-state index contributed by atoms with van der Waals surface area (Å²) >= 11 is 0. The zero-order valence-corrected chi connectivity index (χ0v) is 18.2. The van der Waals surface area contributed by atoms with Crippen LogP contribution in [0.5, 0.6) is 11.5 Å². The molecule has 0 atom stereocenters. The highest BCUT2D eigenvalue weighted by Gasteiger charge is 2.21. The van der Waals surface area contributed by atoms with E-state index in [0.717, 1.165) is 55.7 Å². The van der Waals surface area contributed by atoms with Gasteiger partial charge in [-0.3, -0.25) is 9.89 Å². The van der Waals surface area contributed by atoms with Crippen molar-refractivity contribution in [2.45, 2.75) is 13.1 Å². The molecule has 0 saturated carbocycles. The topological polar surface area (TPSA) is 73.1 Å². The molecule has 0 aliphatic carbocycles. The van der Waals surface area contributed by atoms with E-state index >= 15 is 0 Å². The number of halogens is 1. The Labute approximate surface area is 182 Å². The maximum atomic E-state index is 14.0. The summed E-state index contributed by atoms with van der Waals surface area (Å²) in [5.74, 6) is 2.05. The molecule has 0 radical (unpaired) electrons. The number of rotatable bonds is 6. The SMILES string of the molecule is CN=C(NCc1cc(C#N)ccc1F)N1CCN(Cc2cc(OC)ccc2OC)CC1. The second kappa shape index (κ2) is 10.6. The number of aliphatic imine (C=N–C) groups is 1. The fraction of sp³-hybridized carbons (Fsp3) is 0.391. The number of piperazine rings is 1. The summed E-state index contributed by atoms with van der Waals surface area (Å²) in [5.41, 5.74) is 1.98. The first kappa shape index (κ1) is 22.4. The lowest BCUT2D eigenvalue weighted by molar-refractivity contribution is 0.171. The number of nitrogens with one attached hydrogen (secondary N) is 1. The van der Waals surface area contributed by atoms with Crippen molar-refractivity contribution in [2.24, 2.45) is 4.99 Å². The minimum Gasteiger partial charge on any atom is -0.497 e. The molecule has 0 bridgehead atoms. The molecule has 1 heterocycles. The second-order valence-electron chi connectivity index (χ2n) is 7.26. The molecule has 2 aromatic carbocycles. The van der Waals surface area contributed by atoms with E-state index in [1.54, 1.807) is 27.3 Å². The molecule has 2 aromatic rings. The number of hydrogen-bond donors (Lipinski definition) is 1. The van der Waals surface area contributed by atoms with Crippen molar-refractivity contribution >= 4 is 5.96 Å². The third-order valence-electron chi connectivity index (χ3n) is 5.38. The number of benzene rings is 2. The van der Waals surface area contributed by atoms with E-state index in [2.05, 4.69) is 20.1 Å². The summed E-state index contributed by atoms with van der Waals surface area (Å²) in [4.78, 5) is 8.86. The van der Waals surface area contributed by atoms with Crippen LogP contribution in [0.25, 0.3) is 0 Å². The predicted octanol–water partition coefficient (Wildman–Crippen LogP) is 2.61. The minimum absolute atomic E-state index is 0.273. The van der Waals surface area contributed by atoms with Gasteiger partial charge in [-0.2, -0.15) is 5.26 Å². The molecule has 0 amide bonds. The van der Waals surface area contributed by atoms with Crippen LogP contribution >= 0.6 is 0 Å². The Balaban J connectivity index is 1.57. The molecule has 8 heteroatoms. The van der Waals surface area contributed by atoms with Gasteiger partial charge in [0.1, 0.15) is 17.3 Å². The van der Waals surface area contributed by atoms with Gasteiger partial charge in [-0.05, 0) is 36.4 Å². The third-order valence-corrected chi connectivity index (χ3v) is 5.38. The standard InChI is InChI=1S/C23H28FN5O2/c1-26-23(27-15-18-12-17(14-25)4-6-21(18)24)29-10-8-28(9-11-29)16-19-13-20(30-2)5-7-22(19)31-3/h4-7,12-13H,8-11,15-16H2,1-3H3,(H,26,27). The van der Waals surface area contributed by atoms with Crippen LogP contribution in [0.1, 0.15) is 16.7 Å². The van der Waals surface area contributed by atoms with Gasteiger partial charge in [-0.15, -0.1) is 0 Å². The molecule has 3 rings (SSSR count). The lowest BCUT2D eigenvalue weighted by Gasteiger charge is -2.36. The average Bonchev–Trinajstić information content (AvgIpc) is 2.81. The number of guanidine groups is 1. The molecule has 0 spiro atoms. The molecule has 0 unspecified atom stereocenters. The smallest absolute Gasteiger partial charge is 0.194 e. The van der Waals surface area contributed by atoms with Gasteiger partial charge < -0.3 is 19.7 Å². The highest BCUT2D eigenvalue weighted by molar-refractivity contribution is 5.80. The molecule has 0 aromatic heterocycles. The van der Waals surface area contributed by atoms with E-state index in [0.29, 0.717) is 11.1 Å². The van der Waals surface area contributed by atoms with Gasteiger partial charge in [0.15, 0.2) is 5.96 Å². The monoisotopic (exact) mass is 425 g/mol. The molecule has 7 nitrogen and oxygen atoms in total. The van der Waals surface area contributed by atoms with Crippen LogP contribution in [-0.2, 0) is 13.1 Å². The summed E-state index contributed by atoms with van der Waals surface area (Å²) in [6.45, 7) is 4.36. The zero-order chi connectivity index (χ0) is 22.2. The average molecular weight is 426 g/mol. The summed E-state index contributed by atoms with van der Waals surface area (Å²) in [7, 11) is 5.05. The van der Waals surface area contributed by atoms with Crippen molar-refractivity contribution in [1.82, 2.24) is 15.1 Å². The van der Waals surface area contributed by atoms with Crippen LogP contribution in [-0.4, -0.2) is 63.2 Å². The van der Waals surface area contributed by atoms with Crippen LogP contribution in [0.15, 0.2) is 41.4 Å². The molecule has 1 N–H and O–H groups in total. The maximum Gasteiger partial charge on any atom is 0.194 e. The number of hydrogen-bond acceptors (Lipinski definition) is 5. The van der Waals surface area contributed by atoms with Crippen LogP contribution < -0.4 is 14.8 Å². The first-order valence-electron chi connectivity index (χ1n) is 10.1. The van der Waals surface area contributed by atoms with Gasteiger partial charge >= 0.3 is 0 Å². The summed E-state index contributed by atoms with van der Waals surface area (Å²) < 4.78 is 24.9. The van der Waals surface area contributed by atoms with Gasteiger partial charge in [0.05, 0.1) is 25.9 Å². The van der Waals surface area contributed by atoms with Crippen molar-refractivity contribution in [3.63, 3.8) is 0 Å². The van der Waals surface area contributed by atoms with Crippen molar-refractivity contribution in [3.8, 4) is 17.6 Å². The molecular weight excluding hydrogens is 397 g/mol. The highest BCUT2D eigenvalue weighted by atomic mass is 19.1. The van der Waals surface area contributed by atoms with E-state index in [4.69, 9.17) is 14.7 Å². The molecular formula is C23H28FN5O2. The van der Waals surface area contributed by atoms with E-state index < -0.39 is 0 Å². The van der Waals surface area contributed by atoms with Crippen LogP contribution in [0.2, 0.25) is 0 Å². The first-order valence-corrected chi connectivity index (χ1v) is 10.1. The zero-order valence-electron chi connectivity index (χ0n) is 18.2. The molecule has 1 fully saturated rings. The number of methoxy groups -OCH3 is 2. The van der Waals surface area contributed by atoms with Crippen molar-refractivity contribution in [3.05, 3.63) is 58.9 Å². The molecule has 1 aliphatic rings. The lowest BCUT2D eigenvalue weighted by atomic mass is 10.1. The quantitative estimate of drug-likeness (QED) is 0.567. The Kier molecular flexibility index (Phi) is 7.68. The minimum atomic E-state index is -0.334. The lowest BCUT2D eigenvalue weighted by Crippen LogP contribution is -2.52. The molecule has 31 heavy (non-hydrogen) atoms. The van der Waals surface area contributed by atoms with Gasteiger partial charge in [-0.1, -0.05) is 0 Å². The van der Waals surface area contributed by atoms with E-state index in [1.807, 2.05) is 24.3 Å². The Morgan fingerprint density at radius 2 is 1.87 bits per heavy atom. The number of ether oxygens (including phenoxy) is 2. The summed E-state index contributed by atoms with van der Waals surface area (Å²) in [6, 6.07) is 12.2. The van der Waals surface area contributed by atoms with E-state index in [1.165, 1.54) is 12.1 Å². The second-order valence-corrected chi connectivity index (χ2v) is 7.26. The van der Waals surface area contributed by atoms with Crippen LogP contribution in [0.4, 0.5) is 4.39 Å². The van der Waals surface area contributed by atoms with Crippen molar-refractivity contribution in [2.75, 3.05) is 47.4 Å². The van der Waals surface area contributed by atoms with Gasteiger partial charge in [-0.25, -0.2) is 4.39 Å². The molecule has 1 saturated heterocycles. The van der Waals surface area contributed by atoms with Crippen LogP contribution in [0, 0.1) is 17.1 Å². The maximum absolute atomic E-state index is 14.0. The van der Waals surface area contributed by atoms with E-state index in [9.17, 15) is 4.39 Å². The van der Waals surface area contributed by atoms with Crippen molar-refractivity contribution < 1.29 is 13.9 Å². The Bertz CT molecular complexity index is 965. The normalized spacial score (nSPS) is 14.8. The van der Waals surface area contributed by atoms with E-state index in [-0.39, 0.29) is 12.4 Å². The third kappa shape index (κ3) is 5.64. The van der Waals surface area contributed by atoms with Gasteiger partial charge in [0.25, 0.3) is 0 Å². The highest BCUT2D eigenvalue weighted by Crippen LogP contribution is 2.25. The predicted molar refractivity (Wildman–Crippen MR) is 118 cm³/mol. The largest absolute Gasteiger partial charge is 0.497 e. The van der Waals surface area contributed by atoms with Gasteiger partial charge in [0, 0.05) is 57.4 Å². The number of nitriles is 1. The Hall–Kier alpha value is -3.31. The van der Waals surface area contributed by atoms with Gasteiger partial charge in [0.2, 0.25) is 0 Å². The summed E-state index contributed by atoms with van der Waals surface area (Å²) in [6.07, 6.45) is 0. The Morgan fingerprint density at radius 3 is 2.52 bits per heavy atom. The first-order chi connectivity index (χ1) is 15.1.